The monoisotopic (exact) mass is 239 g/mol. The molecule has 17 heavy (non-hydrogen) atoms. The summed E-state index contributed by atoms with van der Waals surface area (Å²) in [5.41, 5.74) is 0.630. The van der Waals surface area contributed by atoms with Crippen molar-refractivity contribution in [3.05, 3.63) is 35.4 Å². The number of amides is 1. The summed E-state index contributed by atoms with van der Waals surface area (Å²) in [5, 5.41) is 2.89. The van der Waals surface area contributed by atoms with E-state index in [9.17, 15) is 13.6 Å². The lowest BCUT2D eigenvalue weighted by atomic mass is 9.83. The molecule has 0 saturated carbocycles. The molecule has 1 heterocycles. The molecular formula is C13H15F2NO. The van der Waals surface area contributed by atoms with Crippen LogP contribution in [0.25, 0.3) is 0 Å². The molecule has 1 saturated heterocycles. The third kappa shape index (κ3) is 2.30. The summed E-state index contributed by atoms with van der Waals surface area (Å²) in [5.74, 6) is 0.0552. The van der Waals surface area contributed by atoms with Crippen molar-refractivity contribution in [3.8, 4) is 0 Å². The minimum Gasteiger partial charge on any atom is -0.351 e. The van der Waals surface area contributed by atoms with Gasteiger partial charge in [-0.05, 0) is 19.4 Å². The predicted molar refractivity (Wildman–Crippen MR) is 61.0 cm³/mol. The van der Waals surface area contributed by atoms with Crippen molar-refractivity contribution in [3.63, 3.8) is 0 Å². The second-order valence-electron chi connectivity index (χ2n) is 4.99. The van der Waals surface area contributed by atoms with Crippen LogP contribution in [-0.4, -0.2) is 11.4 Å². The summed E-state index contributed by atoms with van der Waals surface area (Å²) >= 11 is 0. The van der Waals surface area contributed by atoms with Crippen LogP contribution in [0.4, 0.5) is 8.78 Å². The van der Waals surface area contributed by atoms with Gasteiger partial charge in [0, 0.05) is 23.4 Å². The fourth-order valence-electron chi connectivity index (χ4n) is 2.35. The van der Waals surface area contributed by atoms with Crippen LogP contribution in [0.1, 0.15) is 43.7 Å². The minimum absolute atomic E-state index is 0.0120. The first kappa shape index (κ1) is 12.0. The van der Waals surface area contributed by atoms with E-state index in [-0.39, 0.29) is 22.9 Å². The molecule has 2 rings (SSSR count). The number of benzene rings is 1. The number of carbonyl (C=O) groups is 1. The minimum atomic E-state index is -2.44. The normalized spacial score (nSPS) is 22.9. The van der Waals surface area contributed by atoms with Crippen molar-refractivity contribution in [2.24, 2.45) is 0 Å². The number of hydrogen-bond acceptors (Lipinski definition) is 1. The average Bonchev–Trinajstić information content (AvgIpc) is 2.52. The van der Waals surface area contributed by atoms with Crippen molar-refractivity contribution >= 4 is 5.91 Å². The lowest BCUT2D eigenvalue weighted by molar-refractivity contribution is -0.119. The van der Waals surface area contributed by atoms with Crippen LogP contribution in [0.2, 0.25) is 0 Å². The first-order valence-corrected chi connectivity index (χ1v) is 5.59. The molecule has 2 nitrogen and oxygen atoms in total. The highest BCUT2D eigenvalue weighted by Gasteiger charge is 2.39. The van der Waals surface area contributed by atoms with Gasteiger partial charge in [0.05, 0.1) is 0 Å². The topological polar surface area (TPSA) is 29.1 Å². The van der Waals surface area contributed by atoms with E-state index >= 15 is 0 Å². The van der Waals surface area contributed by atoms with Crippen LogP contribution >= 0.6 is 0 Å². The standard InChI is InChI=1S/C13H15F2NO/c1-13(2)10(7-11(17)16-13)8-3-5-9(6-4-8)12(14)15/h3-6,10,12H,7H2,1-2H3,(H,16,17). The highest BCUT2D eigenvalue weighted by Crippen LogP contribution is 2.36. The Kier molecular flexibility index (Phi) is 2.89. The van der Waals surface area contributed by atoms with Gasteiger partial charge in [0.15, 0.2) is 0 Å². The molecule has 1 fully saturated rings. The van der Waals surface area contributed by atoms with Gasteiger partial charge >= 0.3 is 0 Å². The van der Waals surface area contributed by atoms with E-state index in [2.05, 4.69) is 5.32 Å². The van der Waals surface area contributed by atoms with E-state index in [0.29, 0.717) is 6.42 Å². The van der Waals surface area contributed by atoms with Crippen LogP contribution in [0.3, 0.4) is 0 Å². The van der Waals surface area contributed by atoms with Gasteiger partial charge in [0.25, 0.3) is 6.43 Å². The molecule has 0 aliphatic carbocycles. The van der Waals surface area contributed by atoms with E-state index < -0.39 is 6.43 Å². The highest BCUT2D eigenvalue weighted by molar-refractivity contribution is 5.81. The molecule has 1 atom stereocenters. The molecule has 0 bridgehead atoms. The lowest BCUT2D eigenvalue weighted by Crippen LogP contribution is -2.38. The Balaban J connectivity index is 2.26. The molecule has 1 aromatic rings. The van der Waals surface area contributed by atoms with Gasteiger partial charge in [-0.2, -0.15) is 0 Å². The summed E-state index contributed by atoms with van der Waals surface area (Å²) in [6.45, 7) is 3.90. The summed E-state index contributed by atoms with van der Waals surface area (Å²) in [6, 6.07) is 6.24. The Morgan fingerprint density at radius 2 is 1.88 bits per heavy atom. The van der Waals surface area contributed by atoms with Crippen LogP contribution in [0.5, 0.6) is 0 Å². The quantitative estimate of drug-likeness (QED) is 0.844. The number of carbonyl (C=O) groups excluding carboxylic acids is 1. The molecule has 0 spiro atoms. The van der Waals surface area contributed by atoms with Gasteiger partial charge in [-0.25, -0.2) is 8.78 Å². The predicted octanol–water partition coefficient (Wildman–Crippen LogP) is 3.01. The van der Waals surface area contributed by atoms with E-state index in [4.69, 9.17) is 0 Å². The number of rotatable bonds is 2. The van der Waals surface area contributed by atoms with E-state index in [0.717, 1.165) is 5.56 Å². The first-order valence-electron chi connectivity index (χ1n) is 5.59. The molecule has 1 aliphatic heterocycles. The van der Waals surface area contributed by atoms with E-state index in [1.54, 1.807) is 12.1 Å². The third-order valence-corrected chi connectivity index (χ3v) is 3.31. The zero-order valence-corrected chi connectivity index (χ0v) is 9.84. The second-order valence-corrected chi connectivity index (χ2v) is 4.99. The maximum absolute atomic E-state index is 12.4. The van der Waals surface area contributed by atoms with E-state index in [1.807, 2.05) is 13.8 Å². The average molecular weight is 239 g/mol. The van der Waals surface area contributed by atoms with Crippen LogP contribution in [0.15, 0.2) is 24.3 Å². The molecule has 0 radical (unpaired) electrons. The van der Waals surface area contributed by atoms with Crippen molar-refractivity contribution in [1.82, 2.24) is 5.32 Å². The fourth-order valence-corrected chi connectivity index (χ4v) is 2.35. The Hall–Kier alpha value is -1.45. The molecular weight excluding hydrogens is 224 g/mol. The maximum atomic E-state index is 12.4. The van der Waals surface area contributed by atoms with Gasteiger partial charge in [0.2, 0.25) is 5.91 Å². The maximum Gasteiger partial charge on any atom is 0.263 e. The third-order valence-electron chi connectivity index (χ3n) is 3.31. The van der Waals surface area contributed by atoms with Crippen molar-refractivity contribution in [2.75, 3.05) is 0 Å². The summed E-state index contributed by atoms with van der Waals surface area (Å²) in [4.78, 5) is 11.4. The van der Waals surface area contributed by atoms with Crippen LogP contribution < -0.4 is 5.32 Å². The van der Waals surface area contributed by atoms with Crippen LogP contribution in [-0.2, 0) is 4.79 Å². The summed E-state index contributed by atoms with van der Waals surface area (Å²) in [6.07, 6.45) is -2.03. The number of nitrogens with one attached hydrogen (secondary N) is 1. The molecule has 1 unspecified atom stereocenters. The SMILES string of the molecule is CC1(C)NC(=O)CC1c1ccc(C(F)F)cc1. The molecule has 1 aliphatic rings. The van der Waals surface area contributed by atoms with Gasteiger partial charge in [-0.1, -0.05) is 24.3 Å². The van der Waals surface area contributed by atoms with Gasteiger partial charge in [-0.3, -0.25) is 4.79 Å². The van der Waals surface area contributed by atoms with Crippen LogP contribution in [0, 0.1) is 0 Å². The number of hydrogen-bond donors (Lipinski definition) is 1. The lowest BCUT2D eigenvalue weighted by Gasteiger charge is -2.26. The molecule has 92 valence electrons. The highest BCUT2D eigenvalue weighted by atomic mass is 19.3. The van der Waals surface area contributed by atoms with Gasteiger partial charge in [0.1, 0.15) is 0 Å². The Morgan fingerprint density at radius 1 is 1.29 bits per heavy atom. The summed E-state index contributed by atoms with van der Waals surface area (Å²) in [7, 11) is 0. The first-order chi connectivity index (χ1) is 7.90. The summed E-state index contributed by atoms with van der Waals surface area (Å²) < 4.78 is 24.8. The molecule has 4 heteroatoms. The fraction of sp³-hybridized carbons (Fsp3) is 0.462. The molecule has 1 N–H and O–H groups in total. The largest absolute Gasteiger partial charge is 0.351 e. The molecule has 1 amide bonds. The van der Waals surface area contributed by atoms with E-state index in [1.165, 1.54) is 12.1 Å². The zero-order chi connectivity index (χ0) is 12.6. The molecule has 1 aromatic carbocycles. The number of halogens is 2. The Morgan fingerprint density at radius 3 is 2.29 bits per heavy atom. The Bertz CT molecular complexity index is 426. The van der Waals surface area contributed by atoms with Crippen molar-refractivity contribution < 1.29 is 13.6 Å². The van der Waals surface area contributed by atoms with Gasteiger partial charge in [-0.15, -0.1) is 0 Å². The van der Waals surface area contributed by atoms with Crippen molar-refractivity contribution in [2.45, 2.75) is 38.2 Å². The number of alkyl halides is 2. The Labute approximate surface area is 99.0 Å². The second kappa shape index (κ2) is 4.09. The zero-order valence-electron chi connectivity index (χ0n) is 9.84. The van der Waals surface area contributed by atoms with Crippen molar-refractivity contribution in [1.29, 1.82) is 0 Å². The smallest absolute Gasteiger partial charge is 0.263 e. The molecule has 0 aromatic heterocycles. The van der Waals surface area contributed by atoms with Gasteiger partial charge < -0.3 is 5.32 Å².